The van der Waals surface area contributed by atoms with Crippen LogP contribution >= 0.6 is 27.5 Å². The first kappa shape index (κ1) is 15.9. The van der Waals surface area contributed by atoms with E-state index >= 15 is 0 Å². The van der Waals surface area contributed by atoms with Crippen LogP contribution in [0.15, 0.2) is 34.8 Å². The average Bonchev–Trinajstić information content (AvgIpc) is 2.43. The van der Waals surface area contributed by atoms with Gasteiger partial charge < -0.3 is 15.2 Å². The lowest BCUT2D eigenvalue weighted by atomic mass is 10.1. The summed E-state index contributed by atoms with van der Waals surface area (Å²) in [7, 11) is 1.49. The van der Waals surface area contributed by atoms with E-state index in [9.17, 15) is 9.50 Å². The number of hydrogen-bond donors (Lipinski definition) is 2. The maximum atomic E-state index is 13.2. The molecule has 0 aliphatic heterocycles. The Bertz CT molecular complexity index is 643. The third-order valence-corrected chi connectivity index (χ3v) is 4.00. The highest BCUT2D eigenvalue weighted by molar-refractivity contribution is 9.10. The number of halogens is 3. The molecular formula is C15H14BrClFNO2. The van der Waals surface area contributed by atoms with Crippen molar-refractivity contribution >= 4 is 33.2 Å². The summed E-state index contributed by atoms with van der Waals surface area (Å²) in [5.41, 5.74) is 1.51. The maximum absolute atomic E-state index is 13.2. The van der Waals surface area contributed by atoms with E-state index in [2.05, 4.69) is 21.2 Å². The first-order chi connectivity index (χ1) is 9.92. The minimum atomic E-state index is -0.406. The molecule has 2 aromatic carbocycles. The first-order valence-corrected chi connectivity index (χ1v) is 7.37. The van der Waals surface area contributed by atoms with Crippen molar-refractivity contribution in [1.82, 2.24) is 0 Å². The number of ether oxygens (including phenoxy) is 1. The molecule has 3 nitrogen and oxygen atoms in total. The van der Waals surface area contributed by atoms with E-state index in [0.717, 1.165) is 5.56 Å². The summed E-state index contributed by atoms with van der Waals surface area (Å²) in [6.07, 6.45) is 0. The third-order valence-electron chi connectivity index (χ3n) is 3.07. The third kappa shape index (κ3) is 3.60. The summed E-state index contributed by atoms with van der Waals surface area (Å²) < 4.78 is 18.9. The zero-order valence-electron chi connectivity index (χ0n) is 11.5. The van der Waals surface area contributed by atoms with Crippen molar-refractivity contribution in [2.45, 2.75) is 13.0 Å². The molecule has 6 heteroatoms. The van der Waals surface area contributed by atoms with Gasteiger partial charge in [-0.15, -0.1) is 0 Å². The summed E-state index contributed by atoms with van der Waals surface area (Å²) in [4.78, 5) is 0. The van der Waals surface area contributed by atoms with Gasteiger partial charge in [-0.1, -0.05) is 17.7 Å². The van der Waals surface area contributed by atoms with E-state index in [1.165, 1.54) is 19.2 Å². The highest BCUT2D eigenvalue weighted by atomic mass is 79.9. The smallest absolute Gasteiger partial charge is 0.160 e. The number of phenolic OH excluding ortho intramolecular Hbond substituents is 1. The Morgan fingerprint density at radius 1 is 1.33 bits per heavy atom. The van der Waals surface area contributed by atoms with Crippen LogP contribution in [0.1, 0.15) is 18.5 Å². The molecule has 0 radical (unpaired) electrons. The molecule has 2 N–H and O–H groups in total. The van der Waals surface area contributed by atoms with Gasteiger partial charge in [-0.05, 0) is 52.7 Å². The average molecular weight is 375 g/mol. The van der Waals surface area contributed by atoms with Crippen LogP contribution in [0.4, 0.5) is 10.1 Å². The molecule has 1 atom stereocenters. The molecule has 0 spiro atoms. The quantitative estimate of drug-likeness (QED) is 0.779. The Balaban J connectivity index is 2.28. The SMILES string of the molecule is COc1cc(C(C)Nc2c(Cl)cc(F)cc2Br)ccc1O. The van der Waals surface area contributed by atoms with Crippen LogP contribution in [0.5, 0.6) is 11.5 Å². The Kier molecular flexibility index (Phi) is 4.96. The lowest BCUT2D eigenvalue weighted by Crippen LogP contribution is -2.08. The Labute approximate surface area is 135 Å². The number of hydrogen-bond acceptors (Lipinski definition) is 3. The fourth-order valence-electron chi connectivity index (χ4n) is 1.94. The van der Waals surface area contributed by atoms with Gasteiger partial charge in [0.05, 0.1) is 17.8 Å². The predicted molar refractivity (Wildman–Crippen MR) is 85.8 cm³/mol. The standard InChI is InChI=1S/C15H14BrClFNO2/c1-8(9-3-4-13(20)14(5-9)21-2)19-15-11(16)6-10(18)7-12(15)17/h3-8,19-20H,1-2H3. The van der Waals surface area contributed by atoms with Gasteiger partial charge in [-0.25, -0.2) is 4.39 Å². The van der Waals surface area contributed by atoms with Gasteiger partial charge in [0.25, 0.3) is 0 Å². The molecule has 0 aliphatic rings. The van der Waals surface area contributed by atoms with Crippen molar-refractivity contribution in [3.05, 3.63) is 51.2 Å². The second-order valence-corrected chi connectivity index (χ2v) is 5.80. The monoisotopic (exact) mass is 373 g/mol. The van der Waals surface area contributed by atoms with Crippen LogP contribution in [0.2, 0.25) is 5.02 Å². The van der Waals surface area contributed by atoms with Crippen LogP contribution < -0.4 is 10.1 Å². The van der Waals surface area contributed by atoms with Gasteiger partial charge in [0.2, 0.25) is 0 Å². The molecule has 0 aliphatic carbocycles. The molecular weight excluding hydrogens is 361 g/mol. The molecule has 0 amide bonds. The second-order valence-electron chi connectivity index (χ2n) is 4.54. The fraction of sp³-hybridized carbons (Fsp3) is 0.200. The zero-order chi connectivity index (χ0) is 15.6. The largest absolute Gasteiger partial charge is 0.504 e. The minimum Gasteiger partial charge on any atom is -0.504 e. The number of methoxy groups -OCH3 is 1. The zero-order valence-corrected chi connectivity index (χ0v) is 13.8. The lowest BCUT2D eigenvalue weighted by Gasteiger charge is -2.19. The van der Waals surface area contributed by atoms with Gasteiger partial charge >= 0.3 is 0 Å². The van der Waals surface area contributed by atoms with Gasteiger partial charge in [-0.3, -0.25) is 0 Å². The van der Waals surface area contributed by atoms with E-state index < -0.39 is 5.82 Å². The minimum absolute atomic E-state index is 0.0782. The van der Waals surface area contributed by atoms with Crippen molar-refractivity contribution in [3.63, 3.8) is 0 Å². The number of phenols is 1. The molecule has 21 heavy (non-hydrogen) atoms. The van der Waals surface area contributed by atoms with Gasteiger partial charge in [0.15, 0.2) is 11.5 Å². The van der Waals surface area contributed by atoms with Crippen molar-refractivity contribution in [2.24, 2.45) is 0 Å². The number of benzene rings is 2. The van der Waals surface area contributed by atoms with Gasteiger partial charge in [0.1, 0.15) is 5.82 Å². The Hall–Kier alpha value is -1.46. The molecule has 2 rings (SSSR count). The van der Waals surface area contributed by atoms with Crippen molar-refractivity contribution in [2.75, 3.05) is 12.4 Å². The molecule has 112 valence electrons. The fourth-order valence-corrected chi connectivity index (χ4v) is 2.86. The highest BCUT2D eigenvalue weighted by Crippen LogP contribution is 2.35. The normalized spacial score (nSPS) is 12.0. The molecule has 0 bridgehead atoms. The van der Waals surface area contributed by atoms with E-state index in [4.69, 9.17) is 16.3 Å². The number of anilines is 1. The van der Waals surface area contributed by atoms with Crippen LogP contribution in [0.3, 0.4) is 0 Å². The summed E-state index contributed by atoms with van der Waals surface area (Å²) in [6.45, 7) is 1.93. The van der Waals surface area contributed by atoms with Gasteiger partial charge in [-0.2, -0.15) is 0 Å². The van der Waals surface area contributed by atoms with E-state index in [1.807, 2.05) is 6.92 Å². The van der Waals surface area contributed by atoms with E-state index in [-0.39, 0.29) is 11.8 Å². The van der Waals surface area contributed by atoms with Crippen molar-refractivity contribution in [3.8, 4) is 11.5 Å². The molecule has 0 saturated carbocycles. The topological polar surface area (TPSA) is 41.5 Å². The highest BCUT2D eigenvalue weighted by Gasteiger charge is 2.14. The van der Waals surface area contributed by atoms with Crippen LogP contribution in [0, 0.1) is 5.82 Å². The maximum Gasteiger partial charge on any atom is 0.160 e. The summed E-state index contributed by atoms with van der Waals surface area (Å²) in [5, 5.41) is 13.1. The van der Waals surface area contributed by atoms with Crippen LogP contribution in [-0.4, -0.2) is 12.2 Å². The van der Waals surface area contributed by atoms with Crippen molar-refractivity contribution < 1.29 is 14.2 Å². The Morgan fingerprint density at radius 2 is 2.05 bits per heavy atom. The van der Waals surface area contributed by atoms with E-state index in [1.54, 1.807) is 18.2 Å². The summed E-state index contributed by atoms with van der Waals surface area (Å²) >= 11 is 9.34. The summed E-state index contributed by atoms with van der Waals surface area (Å²) in [5.74, 6) is 0.0660. The molecule has 2 aromatic rings. The Morgan fingerprint density at radius 3 is 2.67 bits per heavy atom. The van der Waals surface area contributed by atoms with Crippen LogP contribution in [0.25, 0.3) is 0 Å². The lowest BCUT2D eigenvalue weighted by molar-refractivity contribution is 0.373. The summed E-state index contributed by atoms with van der Waals surface area (Å²) in [6, 6.07) is 7.56. The number of aromatic hydroxyl groups is 1. The van der Waals surface area contributed by atoms with Crippen molar-refractivity contribution in [1.29, 1.82) is 0 Å². The second kappa shape index (κ2) is 6.54. The molecule has 0 aromatic heterocycles. The first-order valence-electron chi connectivity index (χ1n) is 6.20. The molecule has 0 heterocycles. The molecule has 0 saturated heterocycles. The number of nitrogens with one attached hydrogen (secondary N) is 1. The van der Waals surface area contributed by atoms with Crippen LogP contribution in [-0.2, 0) is 0 Å². The van der Waals surface area contributed by atoms with E-state index in [0.29, 0.717) is 20.9 Å². The number of rotatable bonds is 4. The molecule has 1 unspecified atom stereocenters. The predicted octanol–water partition coefficient (Wildman–Crippen LogP) is 5.13. The van der Waals surface area contributed by atoms with Gasteiger partial charge in [0, 0.05) is 10.5 Å². The molecule has 0 fully saturated rings.